The van der Waals surface area contributed by atoms with Crippen LogP contribution in [0.25, 0.3) is 0 Å². The standard InChI is InChI=1S/C18H35N5O4.HI/c1-18(26-13-14-27-18)5-7-20-17(21-15-16(24)22(2)3)19-6-4-8-23-9-11-25-12-10-23;/h4-15H2,1-3H3,(H2,19,20,21);1H. The normalized spacial score (nSPS) is 19.8. The van der Waals surface area contributed by atoms with Crippen molar-refractivity contribution in [2.24, 2.45) is 4.99 Å². The first-order chi connectivity index (χ1) is 13.0. The number of hydrogen-bond donors (Lipinski definition) is 2. The Hall–Kier alpha value is -0.690. The third kappa shape index (κ3) is 9.68. The van der Waals surface area contributed by atoms with Crippen molar-refractivity contribution in [3.63, 3.8) is 0 Å². The predicted molar refractivity (Wildman–Crippen MR) is 119 cm³/mol. The number of aliphatic imine (C=N–C) groups is 1. The SMILES string of the molecule is CN(C)C(=O)CN=C(NCCCN1CCOCC1)NCCC1(C)OCCO1.I. The van der Waals surface area contributed by atoms with Crippen molar-refractivity contribution in [3.8, 4) is 0 Å². The molecule has 2 N–H and O–H groups in total. The molecule has 1 amide bonds. The van der Waals surface area contributed by atoms with Crippen molar-refractivity contribution in [1.82, 2.24) is 20.4 Å². The number of amides is 1. The van der Waals surface area contributed by atoms with Crippen LogP contribution in [0.1, 0.15) is 19.8 Å². The Bertz CT molecular complexity index is 481. The van der Waals surface area contributed by atoms with Crippen LogP contribution in [0, 0.1) is 0 Å². The highest BCUT2D eigenvalue weighted by Crippen LogP contribution is 2.21. The molecule has 2 rings (SSSR count). The number of carbonyl (C=O) groups is 1. The Labute approximate surface area is 185 Å². The van der Waals surface area contributed by atoms with Crippen LogP contribution in [0.4, 0.5) is 0 Å². The second-order valence-electron chi connectivity index (χ2n) is 7.19. The van der Waals surface area contributed by atoms with Gasteiger partial charge >= 0.3 is 0 Å². The van der Waals surface area contributed by atoms with Crippen LogP contribution >= 0.6 is 24.0 Å². The van der Waals surface area contributed by atoms with Crippen LogP contribution in [0.3, 0.4) is 0 Å². The maximum absolute atomic E-state index is 11.8. The molecule has 0 aromatic carbocycles. The molecule has 0 unspecified atom stereocenters. The van der Waals surface area contributed by atoms with Crippen molar-refractivity contribution in [3.05, 3.63) is 0 Å². The van der Waals surface area contributed by atoms with Gasteiger partial charge in [-0.2, -0.15) is 0 Å². The van der Waals surface area contributed by atoms with E-state index in [9.17, 15) is 4.79 Å². The first-order valence-electron chi connectivity index (χ1n) is 9.79. The smallest absolute Gasteiger partial charge is 0.243 e. The highest BCUT2D eigenvalue weighted by Gasteiger charge is 2.30. The molecule has 2 heterocycles. The molecule has 0 saturated carbocycles. The van der Waals surface area contributed by atoms with E-state index in [-0.39, 0.29) is 36.4 Å². The zero-order valence-corrected chi connectivity index (χ0v) is 19.7. The second-order valence-corrected chi connectivity index (χ2v) is 7.19. The number of halogens is 1. The lowest BCUT2D eigenvalue weighted by Gasteiger charge is -2.26. The number of guanidine groups is 1. The summed E-state index contributed by atoms with van der Waals surface area (Å²) in [5.74, 6) is 0.0843. The third-order valence-electron chi connectivity index (χ3n) is 4.69. The first kappa shape index (κ1) is 25.3. The van der Waals surface area contributed by atoms with E-state index < -0.39 is 5.79 Å². The number of ether oxygens (including phenoxy) is 3. The molecule has 0 radical (unpaired) electrons. The summed E-state index contributed by atoms with van der Waals surface area (Å²) in [4.78, 5) is 20.2. The highest BCUT2D eigenvalue weighted by atomic mass is 127. The number of likely N-dealkylation sites (N-methyl/N-ethyl adjacent to an activating group) is 1. The topological polar surface area (TPSA) is 87.7 Å². The number of nitrogens with zero attached hydrogens (tertiary/aromatic N) is 3. The molecule has 28 heavy (non-hydrogen) atoms. The molecule has 2 aliphatic rings. The Balaban J connectivity index is 0.00000392. The van der Waals surface area contributed by atoms with Gasteiger partial charge in [0.15, 0.2) is 11.7 Å². The summed E-state index contributed by atoms with van der Waals surface area (Å²) in [7, 11) is 3.46. The summed E-state index contributed by atoms with van der Waals surface area (Å²) in [6.07, 6.45) is 1.72. The summed E-state index contributed by atoms with van der Waals surface area (Å²) in [6, 6.07) is 0. The average Bonchev–Trinajstić information content (AvgIpc) is 3.09. The molecule has 2 aliphatic heterocycles. The Kier molecular flexibility index (Phi) is 12.2. The van der Waals surface area contributed by atoms with Gasteiger partial charge in [0.1, 0.15) is 6.54 Å². The summed E-state index contributed by atoms with van der Waals surface area (Å²) < 4.78 is 16.6. The fourth-order valence-electron chi connectivity index (χ4n) is 2.91. The predicted octanol–water partition coefficient (Wildman–Crippen LogP) is 0.103. The minimum Gasteiger partial charge on any atom is -0.379 e. The molecule has 0 atom stereocenters. The van der Waals surface area contributed by atoms with Gasteiger partial charge in [0.25, 0.3) is 0 Å². The molecule has 2 fully saturated rings. The van der Waals surface area contributed by atoms with Crippen molar-refractivity contribution in [2.75, 3.05) is 79.8 Å². The quantitative estimate of drug-likeness (QED) is 0.196. The van der Waals surface area contributed by atoms with E-state index in [0.717, 1.165) is 45.8 Å². The monoisotopic (exact) mass is 513 g/mol. The van der Waals surface area contributed by atoms with Gasteiger partial charge in [-0.25, -0.2) is 4.99 Å². The molecule has 2 saturated heterocycles. The molecule has 0 bridgehead atoms. The fourth-order valence-corrected chi connectivity index (χ4v) is 2.91. The van der Waals surface area contributed by atoms with Gasteiger partial charge in [-0.05, 0) is 19.9 Å². The maximum Gasteiger partial charge on any atom is 0.243 e. The molecule has 9 nitrogen and oxygen atoms in total. The molecule has 0 aliphatic carbocycles. The van der Waals surface area contributed by atoms with Crippen LogP contribution in [-0.2, 0) is 19.0 Å². The molecule has 0 aromatic heterocycles. The van der Waals surface area contributed by atoms with Crippen LogP contribution < -0.4 is 10.6 Å². The number of carbonyl (C=O) groups excluding carboxylic acids is 1. The average molecular weight is 513 g/mol. The number of hydrogen-bond acceptors (Lipinski definition) is 6. The molecular weight excluding hydrogens is 477 g/mol. The van der Waals surface area contributed by atoms with Crippen LogP contribution in [0.2, 0.25) is 0 Å². The van der Waals surface area contributed by atoms with Crippen LogP contribution in [-0.4, -0.2) is 107 Å². The first-order valence-corrected chi connectivity index (χ1v) is 9.79. The van der Waals surface area contributed by atoms with E-state index >= 15 is 0 Å². The van der Waals surface area contributed by atoms with Gasteiger partial charge in [-0.3, -0.25) is 9.69 Å². The zero-order chi connectivity index (χ0) is 19.5. The molecule has 164 valence electrons. The third-order valence-corrected chi connectivity index (χ3v) is 4.69. The van der Waals surface area contributed by atoms with Gasteiger partial charge in [-0.15, -0.1) is 24.0 Å². The summed E-state index contributed by atoms with van der Waals surface area (Å²) in [6.45, 7) is 9.44. The van der Waals surface area contributed by atoms with Crippen molar-refractivity contribution in [2.45, 2.75) is 25.6 Å². The van der Waals surface area contributed by atoms with E-state index in [2.05, 4.69) is 20.5 Å². The second kappa shape index (κ2) is 13.5. The Morgan fingerprint density at radius 3 is 2.39 bits per heavy atom. The Morgan fingerprint density at radius 2 is 1.75 bits per heavy atom. The van der Waals surface area contributed by atoms with E-state index in [1.165, 1.54) is 0 Å². The lowest BCUT2D eigenvalue weighted by Crippen LogP contribution is -2.43. The van der Waals surface area contributed by atoms with Crippen LogP contribution in [0.5, 0.6) is 0 Å². The minimum atomic E-state index is -0.534. The highest BCUT2D eigenvalue weighted by molar-refractivity contribution is 14.0. The number of morpholine rings is 1. The summed E-state index contributed by atoms with van der Waals surface area (Å²) in [5, 5.41) is 6.60. The van der Waals surface area contributed by atoms with Crippen molar-refractivity contribution in [1.29, 1.82) is 0 Å². The zero-order valence-electron chi connectivity index (χ0n) is 17.4. The van der Waals surface area contributed by atoms with Crippen LogP contribution in [0.15, 0.2) is 4.99 Å². The van der Waals surface area contributed by atoms with Crippen molar-refractivity contribution < 1.29 is 19.0 Å². The fraction of sp³-hybridized carbons (Fsp3) is 0.889. The van der Waals surface area contributed by atoms with Gasteiger partial charge < -0.3 is 29.7 Å². The van der Waals surface area contributed by atoms with E-state index in [1.807, 2.05) is 6.92 Å². The number of rotatable bonds is 9. The molecule has 0 aromatic rings. The van der Waals surface area contributed by atoms with E-state index in [0.29, 0.717) is 32.1 Å². The lowest BCUT2D eigenvalue weighted by atomic mass is 10.2. The molecular formula is C18H36IN5O4. The van der Waals surface area contributed by atoms with Crippen molar-refractivity contribution >= 4 is 35.8 Å². The van der Waals surface area contributed by atoms with Gasteiger partial charge in [0.05, 0.1) is 26.4 Å². The molecule has 0 spiro atoms. The Morgan fingerprint density at radius 1 is 1.11 bits per heavy atom. The largest absolute Gasteiger partial charge is 0.379 e. The lowest BCUT2D eigenvalue weighted by molar-refractivity contribution is -0.145. The summed E-state index contributed by atoms with van der Waals surface area (Å²) in [5.41, 5.74) is 0. The van der Waals surface area contributed by atoms with E-state index in [1.54, 1.807) is 19.0 Å². The van der Waals surface area contributed by atoms with Gasteiger partial charge in [-0.1, -0.05) is 0 Å². The number of nitrogens with one attached hydrogen (secondary N) is 2. The molecule has 10 heteroatoms. The van der Waals surface area contributed by atoms with Gasteiger partial charge in [0, 0.05) is 46.7 Å². The maximum atomic E-state index is 11.8. The minimum absolute atomic E-state index is 0. The van der Waals surface area contributed by atoms with Gasteiger partial charge in [0.2, 0.25) is 5.91 Å². The van der Waals surface area contributed by atoms with E-state index in [4.69, 9.17) is 14.2 Å². The summed E-state index contributed by atoms with van der Waals surface area (Å²) >= 11 is 0.